The number of hydrogen-bond donors (Lipinski definition) is 0. The Morgan fingerprint density at radius 2 is 1.79 bits per heavy atom. The number of rotatable bonds is 5. The lowest BCUT2D eigenvalue weighted by Crippen LogP contribution is -2.21. The highest BCUT2D eigenvalue weighted by Crippen LogP contribution is 2.40. The average molecular weight is 382 g/mol. The number of allylic oxidation sites excluding steroid dienone is 2. The van der Waals surface area contributed by atoms with Gasteiger partial charge in [0.05, 0.1) is 11.4 Å². The molecule has 0 saturated heterocycles. The van der Waals surface area contributed by atoms with Crippen molar-refractivity contribution in [2.45, 2.75) is 32.2 Å². The van der Waals surface area contributed by atoms with Crippen LogP contribution in [0, 0.1) is 0 Å². The molecule has 4 aromatic rings. The Morgan fingerprint density at radius 1 is 1.03 bits per heavy atom. The lowest BCUT2D eigenvalue weighted by molar-refractivity contribution is 0.379. The van der Waals surface area contributed by atoms with Crippen molar-refractivity contribution >= 4 is 11.0 Å². The van der Waals surface area contributed by atoms with E-state index in [0.717, 1.165) is 53.1 Å². The van der Waals surface area contributed by atoms with Crippen molar-refractivity contribution in [3.05, 3.63) is 78.8 Å². The van der Waals surface area contributed by atoms with Gasteiger partial charge in [-0.25, -0.2) is 14.6 Å². The van der Waals surface area contributed by atoms with Crippen LogP contribution in [0.25, 0.3) is 22.3 Å². The van der Waals surface area contributed by atoms with Gasteiger partial charge in [-0.2, -0.15) is 5.10 Å². The number of nitrogens with zero attached hydrogens (tertiary/aromatic N) is 4. The van der Waals surface area contributed by atoms with E-state index in [-0.39, 0.29) is 0 Å². The van der Waals surface area contributed by atoms with Crippen LogP contribution < -0.4 is 4.74 Å². The van der Waals surface area contributed by atoms with Crippen LogP contribution in [-0.2, 0) is 0 Å². The maximum Gasteiger partial charge on any atom is 0.162 e. The van der Waals surface area contributed by atoms with Gasteiger partial charge in [-0.05, 0) is 55.7 Å². The summed E-state index contributed by atoms with van der Waals surface area (Å²) in [6.07, 6.45) is 8.98. The van der Waals surface area contributed by atoms with Crippen molar-refractivity contribution in [2.75, 3.05) is 0 Å². The summed E-state index contributed by atoms with van der Waals surface area (Å²) in [7, 11) is 0. The molecule has 0 spiro atoms. The lowest BCUT2D eigenvalue weighted by atomic mass is 9.86. The summed E-state index contributed by atoms with van der Waals surface area (Å²) in [6, 6.07) is 18.2. The van der Waals surface area contributed by atoms with Gasteiger partial charge in [-0.1, -0.05) is 36.8 Å². The van der Waals surface area contributed by atoms with E-state index in [0.29, 0.717) is 6.04 Å². The maximum atomic E-state index is 5.90. The first-order valence-corrected chi connectivity index (χ1v) is 10.0. The molecule has 5 rings (SSSR count). The van der Waals surface area contributed by atoms with Gasteiger partial charge in [0.15, 0.2) is 5.65 Å². The molecule has 29 heavy (non-hydrogen) atoms. The molecule has 5 heteroatoms. The van der Waals surface area contributed by atoms with Crippen molar-refractivity contribution in [1.29, 1.82) is 0 Å². The fraction of sp³-hybridized carbons (Fsp3) is 0.208. The van der Waals surface area contributed by atoms with Crippen LogP contribution in [-0.4, -0.2) is 19.7 Å². The molecule has 0 aliphatic heterocycles. The number of para-hydroxylation sites is 1. The second-order valence-electron chi connectivity index (χ2n) is 7.33. The Kier molecular flexibility index (Phi) is 4.56. The van der Waals surface area contributed by atoms with Crippen LogP contribution in [0.2, 0.25) is 0 Å². The molecule has 0 N–H and O–H groups in total. The number of ether oxygens (including phenoxy) is 1. The van der Waals surface area contributed by atoms with E-state index < -0.39 is 0 Å². The van der Waals surface area contributed by atoms with Gasteiger partial charge >= 0.3 is 0 Å². The number of benzene rings is 2. The molecule has 1 saturated carbocycles. The SMILES string of the molecule is CCC=C1CC(n2nc(-c3ccc(Oc4ccccc4)cc3)c3cncnc32)C1. The minimum absolute atomic E-state index is 0.375. The van der Waals surface area contributed by atoms with Crippen molar-refractivity contribution in [3.8, 4) is 22.8 Å². The predicted octanol–water partition coefficient (Wildman–Crippen LogP) is 5.96. The summed E-state index contributed by atoms with van der Waals surface area (Å²) in [6.45, 7) is 2.18. The van der Waals surface area contributed by atoms with Gasteiger partial charge in [0.25, 0.3) is 0 Å². The molecule has 144 valence electrons. The summed E-state index contributed by atoms with van der Waals surface area (Å²) in [4.78, 5) is 8.75. The Morgan fingerprint density at radius 3 is 2.55 bits per heavy atom. The Labute approximate surface area is 169 Å². The van der Waals surface area contributed by atoms with Crippen LogP contribution in [0.3, 0.4) is 0 Å². The van der Waals surface area contributed by atoms with Gasteiger partial charge < -0.3 is 4.74 Å². The molecule has 2 aromatic heterocycles. The molecule has 0 atom stereocenters. The maximum absolute atomic E-state index is 5.90. The first-order valence-electron chi connectivity index (χ1n) is 10.0. The first-order chi connectivity index (χ1) is 14.3. The van der Waals surface area contributed by atoms with Crippen LogP contribution in [0.1, 0.15) is 32.2 Å². The number of fused-ring (bicyclic) bond motifs is 1. The van der Waals surface area contributed by atoms with Gasteiger partial charge in [0.1, 0.15) is 23.5 Å². The summed E-state index contributed by atoms with van der Waals surface area (Å²) in [5.41, 5.74) is 4.37. The number of aromatic nitrogens is 4. The molecule has 5 nitrogen and oxygen atoms in total. The quantitative estimate of drug-likeness (QED) is 0.400. The van der Waals surface area contributed by atoms with Gasteiger partial charge in [0, 0.05) is 11.8 Å². The fourth-order valence-electron chi connectivity index (χ4n) is 3.83. The highest BCUT2D eigenvalue weighted by atomic mass is 16.5. The summed E-state index contributed by atoms with van der Waals surface area (Å²) in [5, 5.41) is 5.92. The fourth-order valence-corrected chi connectivity index (χ4v) is 3.83. The number of hydrogen-bond acceptors (Lipinski definition) is 4. The van der Waals surface area contributed by atoms with Crippen LogP contribution in [0.4, 0.5) is 0 Å². The molecular weight excluding hydrogens is 360 g/mol. The third-order valence-electron chi connectivity index (χ3n) is 5.31. The molecule has 1 fully saturated rings. The molecule has 0 amide bonds. The van der Waals surface area contributed by atoms with Crippen molar-refractivity contribution in [3.63, 3.8) is 0 Å². The largest absolute Gasteiger partial charge is 0.457 e. The highest BCUT2D eigenvalue weighted by molar-refractivity contribution is 5.90. The minimum Gasteiger partial charge on any atom is -0.457 e. The van der Waals surface area contributed by atoms with Crippen molar-refractivity contribution in [2.24, 2.45) is 0 Å². The van der Waals surface area contributed by atoms with E-state index in [1.807, 2.05) is 60.8 Å². The Hall–Kier alpha value is -3.47. The zero-order valence-corrected chi connectivity index (χ0v) is 16.3. The van der Waals surface area contributed by atoms with Crippen LogP contribution in [0.15, 0.2) is 78.8 Å². The second-order valence-corrected chi connectivity index (χ2v) is 7.33. The smallest absolute Gasteiger partial charge is 0.162 e. The summed E-state index contributed by atoms with van der Waals surface area (Å²) < 4.78 is 7.98. The van der Waals surface area contributed by atoms with E-state index >= 15 is 0 Å². The van der Waals surface area contributed by atoms with E-state index in [1.54, 1.807) is 6.33 Å². The predicted molar refractivity (Wildman–Crippen MR) is 114 cm³/mol. The Bertz CT molecular complexity index is 1150. The molecule has 0 bridgehead atoms. The Balaban J connectivity index is 1.45. The van der Waals surface area contributed by atoms with Crippen LogP contribution in [0.5, 0.6) is 11.5 Å². The van der Waals surface area contributed by atoms with E-state index in [2.05, 4.69) is 27.6 Å². The van der Waals surface area contributed by atoms with Crippen molar-refractivity contribution in [1.82, 2.24) is 19.7 Å². The van der Waals surface area contributed by atoms with Gasteiger partial charge in [-0.3, -0.25) is 0 Å². The van der Waals surface area contributed by atoms with E-state index in [1.165, 1.54) is 5.57 Å². The molecule has 1 aliphatic carbocycles. The normalized spacial score (nSPS) is 15.9. The molecule has 2 heterocycles. The zero-order chi connectivity index (χ0) is 19.6. The van der Waals surface area contributed by atoms with E-state index in [9.17, 15) is 0 Å². The van der Waals surface area contributed by atoms with E-state index in [4.69, 9.17) is 9.84 Å². The van der Waals surface area contributed by atoms with Crippen molar-refractivity contribution < 1.29 is 4.74 Å². The molecule has 0 radical (unpaired) electrons. The summed E-state index contributed by atoms with van der Waals surface area (Å²) >= 11 is 0. The molecule has 1 aliphatic rings. The highest BCUT2D eigenvalue weighted by Gasteiger charge is 2.28. The van der Waals surface area contributed by atoms with Gasteiger partial charge in [0.2, 0.25) is 0 Å². The average Bonchev–Trinajstić information content (AvgIpc) is 3.11. The first kappa shape index (κ1) is 17.6. The van der Waals surface area contributed by atoms with Crippen LogP contribution >= 0.6 is 0 Å². The van der Waals surface area contributed by atoms with Gasteiger partial charge in [-0.15, -0.1) is 0 Å². The monoisotopic (exact) mass is 382 g/mol. The second kappa shape index (κ2) is 7.51. The third kappa shape index (κ3) is 3.40. The molecule has 2 aromatic carbocycles. The summed E-state index contributed by atoms with van der Waals surface area (Å²) in [5.74, 6) is 1.62. The molecule has 0 unspecified atom stereocenters. The standard InChI is InChI=1S/C24H22N4O/c1-2-6-17-13-19(14-17)28-24-22(15-25-16-26-24)23(27-28)18-9-11-21(12-10-18)29-20-7-4-3-5-8-20/h3-12,15-16,19H,2,13-14H2,1H3. The third-order valence-corrected chi connectivity index (χ3v) is 5.31. The topological polar surface area (TPSA) is 52.8 Å². The zero-order valence-electron chi connectivity index (χ0n) is 16.3. The minimum atomic E-state index is 0.375. The lowest BCUT2D eigenvalue weighted by Gasteiger charge is -2.29. The molecular formula is C24H22N4O.